The molecule has 0 heterocycles. The van der Waals surface area contributed by atoms with Crippen LogP contribution >= 0.6 is 0 Å². The number of phenolic OH excluding ortho intramolecular Hbond substituents is 1. The minimum absolute atomic E-state index is 0.0466. The summed E-state index contributed by atoms with van der Waals surface area (Å²) in [6.07, 6.45) is 6.35. The van der Waals surface area contributed by atoms with Crippen molar-refractivity contribution in [2.45, 2.75) is 51.2 Å². The number of aliphatic hydroxyl groups is 1. The molecular weight excluding hydrogens is 356 g/mol. The first-order valence-corrected chi connectivity index (χ1v) is 11.0. The molecule has 0 amide bonds. The third-order valence-electron chi connectivity index (χ3n) is 4.77. The van der Waals surface area contributed by atoms with Crippen LogP contribution in [0, 0.1) is 5.92 Å². The molecule has 0 radical (unpaired) electrons. The van der Waals surface area contributed by atoms with E-state index in [-0.39, 0.29) is 18.0 Å². The number of rotatable bonds is 9. The molecule has 4 N–H and O–H groups in total. The lowest BCUT2D eigenvalue weighted by atomic mass is 9.84. The van der Waals surface area contributed by atoms with Crippen LogP contribution in [-0.2, 0) is 10.0 Å². The van der Waals surface area contributed by atoms with Gasteiger partial charge in [-0.25, -0.2) is 8.42 Å². The van der Waals surface area contributed by atoms with E-state index in [1.54, 1.807) is 0 Å². The van der Waals surface area contributed by atoms with E-state index in [2.05, 4.69) is 17.0 Å². The van der Waals surface area contributed by atoms with Gasteiger partial charge in [-0.1, -0.05) is 13.3 Å². The quantitative estimate of drug-likeness (QED) is 0.484. The molecule has 0 saturated heterocycles. The summed E-state index contributed by atoms with van der Waals surface area (Å²) in [5, 5.41) is 23.2. The lowest BCUT2D eigenvalue weighted by Crippen LogP contribution is -2.39. The fourth-order valence-corrected chi connectivity index (χ4v) is 3.78. The van der Waals surface area contributed by atoms with E-state index < -0.39 is 16.1 Å². The van der Waals surface area contributed by atoms with Crippen molar-refractivity contribution in [3.8, 4) is 11.5 Å². The number of aliphatic hydroxyl groups excluding tert-OH is 1. The Morgan fingerprint density at radius 3 is 2.58 bits per heavy atom. The highest BCUT2D eigenvalue weighted by molar-refractivity contribution is 7.92. The molecule has 1 aliphatic rings. The van der Waals surface area contributed by atoms with Crippen LogP contribution in [0.5, 0.6) is 11.5 Å². The standard InChI is InChI=1S/C18H30N2O5S/c1-3-13-4-6-14(7-5-13)19-11-15(21)12-25-16-8-9-18(22)17(10-16)20-26(2,23)24/h8-10,13-15,19-22H,3-7,11-12H2,1-2H3/t13?,14?,15-/m0/s1. The molecule has 8 heteroatoms. The zero-order chi connectivity index (χ0) is 19.2. The van der Waals surface area contributed by atoms with Gasteiger partial charge in [0.15, 0.2) is 0 Å². The lowest BCUT2D eigenvalue weighted by molar-refractivity contribution is 0.101. The minimum Gasteiger partial charge on any atom is -0.506 e. The number of hydrogen-bond donors (Lipinski definition) is 4. The number of benzene rings is 1. The number of phenols is 1. The lowest BCUT2D eigenvalue weighted by Gasteiger charge is -2.29. The van der Waals surface area contributed by atoms with Crippen LogP contribution in [0.25, 0.3) is 0 Å². The Morgan fingerprint density at radius 2 is 1.96 bits per heavy atom. The highest BCUT2D eigenvalue weighted by Gasteiger charge is 2.20. The van der Waals surface area contributed by atoms with Crippen LogP contribution in [-0.4, -0.2) is 50.2 Å². The summed E-state index contributed by atoms with van der Waals surface area (Å²) >= 11 is 0. The van der Waals surface area contributed by atoms with Crippen molar-refractivity contribution in [1.82, 2.24) is 5.32 Å². The third kappa shape index (κ3) is 7.01. The van der Waals surface area contributed by atoms with Crippen molar-refractivity contribution in [3.05, 3.63) is 18.2 Å². The third-order valence-corrected chi connectivity index (χ3v) is 5.36. The van der Waals surface area contributed by atoms with E-state index >= 15 is 0 Å². The van der Waals surface area contributed by atoms with E-state index in [1.807, 2.05) is 0 Å². The molecule has 26 heavy (non-hydrogen) atoms. The average molecular weight is 387 g/mol. The fraction of sp³-hybridized carbons (Fsp3) is 0.667. The Hall–Kier alpha value is -1.51. The topological polar surface area (TPSA) is 108 Å². The molecular formula is C18H30N2O5S. The maximum Gasteiger partial charge on any atom is 0.229 e. The van der Waals surface area contributed by atoms with Crippen molar-refractivity contribution < 1.29 is 23.4 Å². The normalized spacial score (nSPS) is 22.0. The fourth-order valence-electron chi connectivity index (χ4n) is 3.22. The summed E-state index contributed by atoms with van der Waals surface area (Å²) in [6.45, 7) is 2.77. The summed E-state index contributed by atoms with van der Waals surface area (Å²) in [5.41, 5.74) is 0.0466. The van der Waals surface area contributed by atoms with Gasteiger partial charge < -0.3 is 20.3 Å². The van der Waals surface area contributed by atoms with Crippen LogP contribution in [0.2, 0.25) is 0 Å². The molecule has 7 nitrogen and oxygen atoms in total. The zero-order valence-electron chi connectivity index (χ0n) is 15.4. The number of hydrogen-bond acceptors (Lipinski definition) is 6. The zero-order valence-corrected chi connectivity index (χ0v) is 16.3. The summed E-state index contributed by atoms with van der Waals surface area (Å²) in [7, 11) is -3.50. The van der Waals surface area contributed by atoms with Gasteiger partial charge in [0, 0.05) is 18.7 Å². The predicted molar refractivity (Wildman–Crippen MR) is 102 cm³/mol. The number of nitrogens with one attached hydrogen (secondary N) is 2. The highest BCUT2D eigenvalue weighted by atomic mass is 32.2. The second-order valence-corrected chi connectivity index (χ2v) is 8.80. The number of anilines is 1. The van der Waals surface area contributed by atoms with Gasteiger partial charge in [-0.2, -0.15) is 0 Å². The summed E-state index contributed by atoms with van der Waals surface area (Å²) in [4.78, 5) is 0. The first-order chi connectivity index (χ1) is 12.3. The van der Waals surface area contributed by atoms with E-state index in [0.717, 1.165) is 25.0 Å². The molecule has 1 saturated carbocycles. The van der Waals surface area contributed by atoms with Crippen LogP contribution in [0.3, 0.4) is 0 Å². The Kier molecular flexibility index (Phi) is 7.55. The molecule has 0 aliphatic heterocycles. The monoisotopic (exact) mass is 386 g/mol. The van der Waals surface area contributed by atoms with Gasteiger partial charge in [-0.15, -0.1) is 0 Å². The van der Waals surface area contributed by atoms with Gasteiger partial charge in [0.05, 0.1) is 11.9 Å². The SMILES string of the molecule is CCC1CCC(NC[C@H](O)COc2ccc(O)c(NS(C)(=O)=O)c2)CC1. The van der Waals surface area contributed by atoms with Crippen molar-refractivity contribution >= 4 is 15.7 Å². The maximum absolute atomic E-state index is 11.3. The van der Waals surface area contributed by atoms with E-state index in [1.165, 1.54) is 37.5 Å². The van der Waals surface area contributed by atoms with Gasteiger partial charge in [-0.05, 0) is 43.7 Å². The van der Waals surface area contributed by atoms with Crippen molar-refractivity contribution in [2.24, 2.45) is 5.92 Å². The Morgan fingerprint density at radius 1 is 1.27 bits per heavy atom. The van der Waals surface area contributed by atoms with E-state index in [4.69, 9.17) is 4.74 Å². The summed E-state index contributed by atoms with van der Waals surface area (Å²) < 4.78 is 30.3. The van der Waals surface area contributed by atoms with Crippen LogP contribution in [0.15, 0.2) is 18.2 Å². The average Bonchev–Trinajstić information content (AvgIpc) is 2.60. The molecule has 0 unspecified atom stereocenters. The van der Waals surface area contributed by atoms with Crippen LogP contribution in [0.1, 0.15) is 39.0 Å². The van der Waals surface area contributed by atoms with Gasteiger partial charge in [-0.3, -0.25) is 4.72 Å². The van der Waals surface area contributed by atoms with Crippen molar-refractivity contribution in [1.29, 1.82) is 0 Å². The molecule has 0 spiro atoms. The molecule has 0 bridgehead atoms. The van der Waals surface area contributed by atoms with Gasteiger partial charge in [0.2, 0.25) is 10.0 Å². The number of sulfonamides is 1. The molecule has 148 valence electrons. The van der Waals surface area contributed by atoms with Crippen molar-refractivity contribution in [3.63, 3.8) is 0 Å². The van der Waals surface area contributed by atoms with Crippen molar-refractivity contribution in [2.75, 3.05) is 24.1 Å². The van der Waals surface area contributed by atoms with Gasteiger partial charge >= 0.3 is 0 Å². The second kappa shape index (κ2) is 9.43. The molecule has 1 aliphatic carbocycles. The largest absolute Gasteiger partial charge is 0.506 e. The highest BCUT2D eigenvalue weighted by Crippen LogP contribution is 2.29. The Labute approximate surface area is 155 Å². The van der Waals surface area contributed by atoms with Crippen LogP contribution < -0.4 is 14.8 Å². The van der Waals surface area contributed by atoms with Gasteiger partial charge in [0.25, 0.3) is 0 Å². The molecule has 0 aromatic heterocycles. The van der Waals surface area contributed by atoms with Crippen LogP contribution in [0.4, 0.5) is 5.69 Å². The second-order valence-electron chi connectivity index (χ2n) is 7.05. The maximum atomic E-state index is 11.3. The van der Waals surface area contributed by atoms with E-state index in [0.29, 0.717) is 18.3 Å². The summed E-state index contributed by atoms with van der Waals surface area (Å²) in [6, 6.07) is 4.71. The molecule has 2 rings (SSSR count). The number of ether oxygens (including phenoxy) is 1. The molecule has 1 atom stereocenters. The smallest absolute Gasteiger partial charge is 0.229 e. The molecule has 1 aromatic carbocycles. The number of aromatic hydroxyl groups is 1. The molecule has 1 aromatic rings. The Balaban J connectivity index is 1.76. The van der Waals surface area contributed by atoms with E-state index in [9.17, 15) is 18.6 Å². The first-order valence-electron chi connectivity index (χ1n) is 9.12. The van der Waals surface area contributed by atoms with Gasteiger partial charge in [0.1, 0.15) is 24.2 Å². The summed E-state index contributed by atoms with van der Waals surface area (Å²) in [5.74, 6) is 1.02. The minimum atomic E-state index is -3.50. The first kappa shape index (κ1) is 20.8. The Bertz CT molecular complexity index is 672. The predicted octanol–water partition coefficient (Wildman–Crippen LogP) is 2.06. The molecule has 1 fully saturated rings.